The van der Waals surface area contributed by atoms with Gasteiger partial charge in [0.2, 0.25) is 0 Å². The Kier molecular flexibility index (Phi) is 10.2. The first-order valence-electron chi connectivity index (χ1n) is 21.2. The second-order valence-electron chi connectivity index (χ2n) is 15.1. The second kappa shape index (κ2) is 16.9. The minimum absolute atomic E-state index is 0. The number of imidazole rings is 1. The Morgan fingerprint density at radius 3 is 2.14 bits per heavy atom. The summed E-state index contributed by atoms with van der Waals surface area (Å²) in [6.07, 6.45) is 1.75. The average molecular weight is 926 g/mol. The summed E-state index contributed by atoms with van der Waals surface area (Å²) in [5.41, 5.74) is 12.8. The average Bonchev–Trinajstić information content (AvgIpc) is 3.82. The molecule has 0 saturated heterocycles. The summed E-state index contributed by atoms with van der Waals surface area (Å²) in [4.78, 5) is 9.51. The van der Waals surface area contributed by atoms with Crippen LogP contribution >= 0.6 is 0 Å². The van der Waals surface area contributed by atoms with E-state index in [0.29, 0.717) is 11.2 Å². The molecule has 0 fully saturated rings. The molecule has 0 atom stereocenters. The largest absolute Gasteiger partial charge is 0.501 e. The molecular formula is C52H47IrN3O-2. The van der Waals surface area contributed by atoms with Gasteiger partial charge in [-0.15, -0.1) is 54.1 Å². The van der Waals surface area contributed by atoms with E-state index in [1.807, 2.05) is 86.6 Å². The molecule has 287 valence electrons. The molecule has 1 radical (unpaired) electrons. The minimum Gasteiger partial charge on any atom is -0.501 e. The van der Waals surface area contributed by atoms with Crippen LogP contribution in [0.2, 0.25) is 0 Å². The molecule has 6 aromatic carbocycles. The van der Waals surface area contributed by atoms with E-state index in [2.05, 4.69) is 97.9 Å². The Morgan fingerprint density at radius 1 is 0.702 bits per heavy atom. The molecule has 0 bridgehead atoms. The molecule has 5 heteroatoms. The van der Waals surface area contributed by atoms with Crippen LogP contribution in [-0.2, 0) is 20.1 Å². The topological polar surface area (TPSA) is 43.9 Å². The number of hydrogen-bond donors (Lipinski definition) is 0. The van der Waals surface area contributed by atoms with Crippen molar-refractivity contribution in [2.45, 2.75) is 66.1 Å². The molecule has 0 amide bonds. The van der Waals surface area contributed by atoms with Crippen molar-refractivity contribution in [3.63, 3.8) is 0 Å². The van der Waals surface area contributed by atoms with Crippen LogP contribution in [-0.4, -0.2) is 14.5 Å². The summed E-state index contributed by atoms with van der Waals surface area (Å²) in [7, 11) is 0. The van der Waals surface area contributed by atoms with E-state index in [1.54, 1.807) is 18.3 Å². The number of pyridine rings is 1. The zero-order chi connectivity index (χ0) is 42.3. The van der Waals surface area contributed by atoms with Crippen molar-refractivity contribution in [2.75, 3.05) is 0 Å². The number of nitrogens with zero attached hydrogens (tertiary/aromatic N) is 3. The van der Waals surface area contributed by atoms with Gasteiger partial charge >= 0.3 is 0 Å². The monoisotopic (exact) mass is 926 g/mol. The maximum absolute atomic E-state index is 7.99. The van der Waals surface area contributed by atoms with Crippen LogP contribution in [0.1, 0.15) is 87.0 Å². The van der Waals surface area contributed by atoms with Crippen molar-refractivity contribution in [2.24, 2.45) is 0 Å². The standard InChI is InChI=1S/C38H33N2O.C14H14N.Ir/c1-23(2)31-21-27(26-12-7-6-8-13-26)22-32(24(3)4)36(31)40-34-17-10-9-16-33(34)39-38(40)30-15-11-14-29-28-19-18-25(5)20-35(28)41-37(29)30;1-11(2)13-8-9-15-14(10-13)12-6-4-3-5-7-12;/h6-14,16-24H,1-5H3;3-6,8-11H,1-2H3;/q2*-1;/i5D3;11D;. The fourth-order valence-corrected chi connectivity index (χ4v) is 7.39. The van der Waals surface area contributed by atoms with E-state index in [1.165, 1.54) is 22.3 Å². The van der Waals surface area contributed by atoms with Gasteiger partial charge in [0.1, 0.15) is 5.58 Å². The van der Waals surface area contributed by atoms with Gasteiger partial charge in [0.15, 0.2) is 0 Å². The first-order chi connectivity index (χ1) is 28.7. The molecule has 0 spiro atoms. The summed E-state index contributed by atoms with van der Waals surface area (Å²) in [6.45, 7) is 10.5. The molecule has 0 aliphatic heterocycles. The third-order valence-electron chi connectivity index (χ3n) is 10.3. The fraction of sp³-hybridized carbons (Fsp3) is 0.192. The predicted molar refractivity (Wildman–Crippen MR) is 234 cm³/mol. The molecule has 9 aromatic rings. The molecular weight excluding hydrogens is 875 g/mol. The number of benzene rings is 6. The van der Waals surface area contributed by atoms with Gasteiger partial charge in [-0.3, -0.25) is 4.98 Å². The zero-order valence-electron chi connectivity index (χ0n) is 37.0. The Labute approximate surface area is 355 Å². The van der Waals surface area contributed by atoms with Gasteiger partial charge in [-0.25, -0.2) is 0 Å². The number of hydrogen-bond acceptors (Lipinski definition) is 3. The van der Waals surface area contributed by atoms with E-state index >= 15 is 0 Å². The molecule has 0 N–H and O–H groups in total. The molecule has 0 unspecified atom stereocenters. The van der Waals surface area contributed by atoms with E-state index in [0.717, 1.165) is 55.7 Å². The van der Waals surface area contributed by atoms with Crippen molar-refractivity contribution in [1.29, 1.82) is 0 Å². The number of para-hydroxylation sites is 2. The van der Waals surface area contributed by atoms with E-state index in [-0.39, 0.29) is 37.5 Å². The van der Waals surface area contributed by atoms with Crippen molar-refractivity contribution in [3.8, 4) is 39.5 Å². The van der Waals surface area contributed by atoms with Gasteiger partial charge in [0.05, 0.1) is 22.4 Å². The van der Waals surface area contributed by atoms with Crippen molar-refractivity contribution in [1.82, 2.24) is 14.5 Å². The summed E-state index contributed by atoms with van der Waals surface area (Å²) in [5.74, 6) is 0.629. The zero-order valence-corrected chi connectivity index (χ0v) is 35.4. The first kappa shape index (κ1) is 34.6. The van der Waals surface area contributed by atoms with Crippen LogP contribution in [0, 0.1) is 19.0 Å². The summed E-state index contributed by atoms with van der Waals surface area (Å²) >= 11 is 0. The predicted octanol–water partition coefficient (Wildman–Crippen LogP) is 14.3. The molecule has 0 aliphatic carbocycles. The van der Waals surface area contributed by atoms with Gasteiger partial charge in [0.25, 0.3) is 0 Å². The van der Waals surface area contributed by atoms with Crippen molar-refractivity contribution < 1.29 is 30.0 Å². The Balaban J connectivity index is 0.000000278. The number of furan rings is 1. The minimum atomic E-state index is -2.22. The smallest absolute Gasteiger partial charge is 0.121 e. The SMILES string of the molecule is [2H]C(C)(C)c1ccnc(-c2[c-]cccc2)c1.[2H]C([2H])([2H])c1ccc2c(c1)oc1c(-c3nc4ccccc4n3-c3c(C(C)C)cc(-c4ccccc4)cc3C(C)C)[c-]ccc12.[Ir]. The molecule has 57 heavy (non-hydrogen) atoms. The Morgan fingerprint density at radius 2 is 1.44 bits per heavy atom. The normalized spacial score (nSPS) is 12.8. The molecule has 0 aliphatic rings. The van der Waals surface area contributed by atoms with E-state index in [4.69, 9.17) is 14.9 Å². The second-order valence-corrected chi connectivity index (χ2v) is 15.1. The van der Waals surface area contributed by atoms with Gasteiger partial charge in [-0.2, -0.15) is 0 Å². The van der Waals surface area contributed by atoms with Crippen LogP contribution in [0.5, 0.6) is 0 Å². The molecule has 9 rings (SSSR count). The number of fused-ring (bicyclic) bond motifs is 4. The van der Waals surface area contributed by atoms with E-state index < -0.39 is 12.7 Å². The summed E-state index contributed by atoms with van der Waals surface area (Å²) < 4.78 is 40.4. The molecule has 3 aromatic heterocycles. The number of aromatic nitrogens is 3. The van der Waals surface area contributed by atoms with Gasteiger partial charge < -0.3 is 14.0 Å². The maximum Gasteiger partial charge on any atom is 0.121 e. The number of aryl methyl sites for hydroxylation is 1. The quantitative estimate of drug-likeness (QED) is 0.150. The van der Waals surface area contributed by atoms with Gasteiger partial charge in [-0.1, -0.05) is 119 Å². The Bertz CT molecular complexity index is 2930. The Hall–Kier alpha value is -5.61. The maximum atomic E-state index is 7.99. The summed E-state index contributed by atoms with van der Waals surface area (Å²) in [6, 6.07) is 50.6. The first-order valence-corrected chi connectivity index (χ1v) is 19.2. The van der Waals surface area contributed by atoms with Crippen molar-refractivity contribution in [3.05, 3.63) is 174 Å². The van der Waals surface area contributed by atoms with Gasteiger partial charge in [0, 0.05) is 42.9 Å². The number of rotatable bonds is 7. The third kappa shape index (κ3) is 7.88. The molecule has 0 saturated carbocycles. The van der Waals surface area contributed by atoms with Crippen LogP contribution in [0.4, 0.5) is 0 Å². The van der Waals surface area contributed by atoms with Crippen LogP contribution in [0.3, 0.4) is 0 Å². The van der Waals surface area contributed by atoms with Crippen LogP contribution < -0.4 is 0 Å². The summed E-state index contributed by atoms with van der Waals surface area (Å²) in [5, 5.41) is 1.76. The molecule has 4 nitrogen and oxygen atoms in total. The third-order valence-corrected chi connectivity index (χ3v) is 10.3. The van der Waals surface area contributed by atoms with Crippen molar-refractivity contribution >= 4 is 33.0 Å². The van der Waals surface area contributed by atoms with Crippen LogP contribution in [0.25, 0.3) is 72.4 Å². The fourth-order valence-electron chi connectivity index (χ4n) is 7.39. The van der Waals surface area contributed by atoms with Gasteiger partial charge in [-0.05, 0) is 94.5 Å². The van der Waals surface area contributed by atoms with E-state index in [9.17, 15) is 0 Å². The molecule has 3 heterocycles. The van der Waals surface area contributed by atoms with Crippen LogP contribution in [0.15, 0.2) is 144 Å².